The van der Waals surface area contributed by atoms with E-state index in [0.29, 0.717) is 23.2 Å². The number of amides is 1. The average molecular weight is 441 g/mol. The number of likely N-dealkylation sites (N-methyl/N-ethyl adjacent to an activating group) is 1. The maximum Gasteiger partial charge on any atom is 0.252 e. The van der Waals surface area contributed by atoms with Crippen molar-refractivity contribution in [1.29, 1.82) is 0 Å². The molecule has 0 atom stereocenters. The predicted octanol–water partition coefficient (Wildman–Crippen LogP) is 3.02. The second kappa shape index (κ2) is 11.8. The summed E-state index contributed by atoms with van der Waals surface area (Å²) in [6.45, 7) is 5.02. The van der Waals surface area contributed by atoms with E-state index in [0.717, 1.165) is 38.2 Å². The number of ether oxygens (including phenoxy) is 1. The normalized spacial score (nSPS) is 18.5. The third-order valence-electron chi connectivity index (χ3n) is 6.50. The van der Waals surface area contributed by atoms with Crippen LogP contribution in [0.5, 0.6) is 0 Å². The fourth-order valence-electron chi connectivity index (χ4n) is 4.58. The summed E-state index contributed by atoms with van der Waals surface area (Å²) in [4.78, 5) is 32.0. The first-order valence-electron chi connectivity index (χ1n) is 11.5. The quantitative estimate of drug-likeness (QED) is 0.594. The van der Waals surface area contributed by atoms with E-state index in [1.807, 2.05) is 18.2 Å². The highest BCUT2D eigenvalue weighted by molar-refractivity contribution is 5.95. The van der Waals surface area contributed by atoms with Crippen LogP contribution in [0.15, 0.2) is 47.4 Å². The number of nitrogens with zero attached hydrogens (tertiary/aromatic N) is 2. The van der Waals surface area contributed by atoms with Crippen LogP contribution in [0.3, 0.4) is 0 Å². The third-order valence-corrected chi connectivity index (χ3v) is 6.50. The first-order chi connectivity index (χ1) is 15.5. The largest absolute Gasteiger partial charge is 0.383 e. The molecule has 0 unspecified atom stereocenters. The first-order valence-corrected chi connectivity index (χ1v) is 11.5. The van der Waals surface area contributed by atoms with E-state index in [4.69, 9.17) is 4.74 Å². The van der Waals surface area contributed by atoms with Gasteiger partial charge in [0.2, 0.25) is 0 Å². The number of hydrogen-bond donors (Lipinski definition) is 2. The topological polar surface area (TPSA) is 77.7 Å². The van der Waals surface area contributed by atoms with Gasteiger partial charge in [-0.15, -0.1) is 0 Å². The molecule has 7 nitrogen and oxygen atoms in total. The molecular weight excluding hydrogens is 404 g/mol. The highest BCUT2D eigenvalue weighted by Gasteiger charge is 2.27. The van der Waals surface area contributed by atoms with Crippen molar-refractivity contribution < 1.29 is 9.53 Å². The predicted molar refractivity (Wildman–Crippen MR) is 128 cm³/mol. The van der Waals surface area contributed by atoms with E-state index in [1.54, 1.807) is 25.4 Å². The minimum absolute atomic E-state index is 0.172. The SMILES string of the molecule is CCN(c1cccc(C(=O)NCc2ccc[nH]c2=O)c1)C1CCC(N(C)CCOC)CC1. The van der Waals surface area contributed by atoms with Gasteiger partial charge in [0.15, 0.2) is 0 Å². The molecule has 7 heteroatoms. The van der Waals surface area contributed by atoms with Gasteiger partial charge < -0.3 is 24.8 Å². The molecule has 1 saturated carbocycles. The van der Waals surface area contributed by atoms with E-state index in [1.165, 1.54) is 12.8 Å². The Balaban J connectivity index is 1.61. The zero-order valence-electron chi connectivity index (χ0n) is 19.5. The molecule has 0 spiro atoms. The van der Waals surface area contributed by atoms with Gasteiger partial charge >= 0.3 is 0 Å². The Labute approximate surface area is 190 Å². The van der Waals surface area contributed by atoms with Gasteiger partial charge in [-0.3, -0.25) is 9.59 Å². The second-order valence-corrected chi connectivity index (χ2v) is 8.48. The minimum atomic E-state index is -0.179. The number of benzene rings is 1. The zero-order valence-corrected chi connectivity index (χ0v) is 19.5. The maximum atomic E-state index is 12.7. The summed E-state index contributed by atoms with van der Waals surface area (Å²) in [7, 11) is 3.94. The van der Waals surface area contributed by atoms with E-state index >= 15 is 0 Å². The lowest BCUT2D eigenvalue weighted by Crippen LogP contribution is -2.44. The Kier molecular flexibility index (Phi) is 8.88. The van der Waals surface area contributed by atoms with Gasteiger partial charge in [0, 0.05) is 61.8 Å². The molecule has 1 fully saturated rings. The highest BCUT2D eigenvalue weighted by atomic mass is 16.5. The molecule has 32 heavy (non-hydrogen) atoms. The van der Waals surface area contributed by atoms with Crippen molar-refractivity contribution in [2.24, 2.45) is 0 Å². The minimum Gasteiger partial charge on any atom is -0.383 e. The van der Waals surface area contributed by atoms with Crippen LogP contribution >= 0.6 is 0 Å². The van der Waals surface area contributed by atoms with Gasteiger partial charge in [-0.2, -0.15) is 0 Å². The van der Waals surface area contributed by atoms with Gasteiger partial charge in [0.1, 0.15) is 0 Å². The molecule has 1 aliphatic rings. The summed E-state index contributed by atoms with van der Waals surface area (Å²) in [5.74, 6) is -0.172. The van der Waals surface area contributed by atoms with Crippen molar-refractivity contribution in [3.8, 4) is 0 Å². The summed E-state index contributed by atoms with van der Waals surface area (Å²) in [6.07, 6.45) is 6.22. The number of carbonyl (C=O) groups is 1. The number of anilines is 1. The Bertz CT molecular complexity index is 921. The zero-order chi connectivity index (χ0) is 22.9. The molecule has 0 bridgehead atoms. The van der Waals surface area contributed by atoms with Crippen molar-refractivity contribution >= 4 is 11.6 Å². The lowest BCUT2D eigenvalue weighted by Gasteiger charge is -2.40. The number of H-pyrrole nitrogens is 1. The summed E-state index contributed by atoms with van der Waals surface area (Å²) in [6, 6.07) is 12.4. The lowest BCUT2D eigenvalue weighted by molar-refractivity contribution is 0.0950. The molecule has 2 N–H and O–H groups in total. The van der Waals surface area contributed by atoms with Gasteiger partial charge in [-0.05, 0) is 63.9 Å². The van der Waals surface area contributed by atoms with Crippen LogP contribution in [0.2, 0.25) is 0 Å². The fourth-order valence-corrected chi connectivity index (χ4v) is 4.58. The van der Waals surface area contributed by atoms with E-state index in [9.17, 15) is 9.59 Å². The van der Waals surface area contributed by atoms with Crippen molar-refractivity contribution in [2.75, 3.05) is 38.8 Å². The van der Waals surface area contributed by atoms with Crippen LogP contribution in [-0.2, 0) is 11.3 Å². The van der Waals surface area contributed by atoms with Crippen molar-refractivity contribution in [2.45, 2.75) is 51.2 Å². The summed E-state index contributed by atoms with van der Waals surface area (Å²) in [5.41, 5.74) is 2.05. The van der Waals surface area contributed by atoms with Crippen molar-refractivity contribution in [3.63, 3.8) is 0 Å². The standard InChI is InChI=1S/C25H36N4O3/c1-4-29(22-12-10-21(11-13-22)28(2)15-16-32-3)23-9-5-7-19(17-23)24(30)27-18-20-8-6-14-26-25(20)31/h5-9,14,17,21-22H,4,10-13,15-16,18H2,1-3H3,(H,26,31)(H,27,30). The highest BCUT2D eigenvalue weighted by Crippen LogP contribution is 2.29. The van der Waals surface area contributed by atoms with Crippen LogP contribution in [0.1, 0.15) is 48.5 Å². The number of hydrogen-bond acceptors (Lipinski definition) is 5. The number of nitrogens with one attached hydrogen (secondary N) is 2. The Morgan fingerprint density at radius 3 is 2.59 bits per heavy atom. The van der Waals surface area contributed by atoms with E-state index < -0.39 is 0 Å². The Hall–Kier alpha value is -2.64. The van der Waals surface area contributed by atoms with Gasteiger partial charge in [0.25, 0.3) is 11.5 Å². The molecule has 0 saturated heterocycles. The molecule has 0 aliphatic heterocycles. The Morgan fingerprint density at radius 1 is 1.16 bits per heavy atom. The molecule has 1 aliphatic carbocycles. The molecule has 174 valence electrons. The van der Waals surface area contributed by atoms with Gasteiger partial charge in [-0.1, -0.05) is 12.1 Å². The molecule has 3 rings (SSSR count). The molecule has 2 aromatic rings. The number of methoxy groups -OCH3 is 1. The van der Waals surface area contributed by atoms with E-state index in [-0.39, 0.29) is 18.0 Å². The maximum absolute atomic E-state index is 12.7. The van der Waals surface area contributed by atoms with Crippen LogP contribution < -0.4 is 15.8 Å². The van der Waals surface area contributed by atoms with Gasteiger partial charge in [-0.25, -0.2) is 0 Å². The Morgan fingerprint density at radius 2 is 1.91 bits per heavy atom. The number of aromatic amines is 1. The number of rotatable bonds is 10. The first kappa shape index (κ1) is 24.0. The van der Waals surface area contributed by atoms with Crippen LogP contribution in [0.4, 0.5) is 5.69 Å². The fraction of sp³-hybridized carbons (Fsp3) is 0.520. The number of pyridine rings is 1. The number of carbonyl (C=O) groups excluding carboxylic acids is 1. The molecule has 1 aromatic carbocycles. The molecule has 1 heterocycles. The van der Waals surface area contributed by atoms with Crippen LogP contribution in [-0.4, -0.2) is 61.7 Å². The molecule has 1 amide bonds. The second-order valence-electron chi connectivity index (χ2n) is 8.48. The number of aromatic nitrogens is 1. The third kappa shape index (κ3) is 6.20. The summed E-state index contributed by atoms with van der Waals surface area (Å²) in [5, 5.41) is 2.86. The van der Waals surface area contributed by atoms with Crippen molar-refractivity contribution in [1.82, 2.24) is 15.2 Å². The summed E-state index contributed by atoms with van der Waals surface area (Å²) < 4.78 is 5.22. The average Bonchev–Trinajstić information content (AvgIpc) is 2.83. The van der Waals surface area contributed by atoms with E-state index in [2.05, 4.69) is 40.1 Å². The smallest absolute Gasteiger partial charge is 0.252 e. The molecule has 0 radical (unpaired) electrons. The lowest BCUT2D eigenvalue weighted by atomic mass is 9.89. The molecule has 1 aromatic heterocycles. The van der Waals surface area contributed by atoms with Gasteiger partial charge in [0.05, 0.1) is 6.61 Å². The monoisotopic (exact) mass is 440 g/mol. The van der Waals surface area contributed by atoms with Crippen LogP contribution in [0.25, 0.3) is 0 Å². The van der Waals surface area contributed by atoms with Crippen molar-refractivity contribution in [3.05, 3.63) is 64.1 Å². The molecular formula is C25H36N4O3. The summed E-state index contributed by atoms with van der Waals surface area (Å²) >= 11 is 0. The van der Waals surface area contributed by atoms with Crippen LogP contribution in [0, 0.1) is 0 Å².